The van der Waals surface area contributed by atoms with Crippen molar-refractivity contribution >= 4 is 0 Å². The standard InChI is InChI=1S/C17H24F2O3/c1-10-11(2)16(21)13(12(3)15(10)20)7-9-17(4,22)8-5-6-14(18)19/h6,20-22H,5,7-9H2,1-4H3/t17-/m1/s1. The van der Waals surface area contributed by atoms with E-state index in [0.717, 1.165) is 6.08 Å². The Morgan fingerprint density at radius 3 is 2.09 bits per heavy atom. The predicted molar refractivity (Wildman–Crippen MR) is 82.5 cm³/mol. The van der Waals surface area contributed by atoms with Crippen LogP contribution < -0.4 is 0 Å². The molecule has 5 heteroatoms. The van der Waals surface area contributed by atoms with Crippen LogP contribution >= 0.6 is 0 Å². The van der Waals surface area contributed by atoms with Crippen LogP contribution in [0.25, 0.3) is 0 Å². The van der Waals surface area contributed by atoms with Crippen molar-refractivity contribution in [2.75, 3.05) is 0 Å². The molecule has 124 valence electrons. The number of aliphatic hydroxyl groups is 1. The number of benzene rings is 1. The van der Waals surface area contributed by atoms with Crippen LogP contribution in [0, 0.1) is 20.8 Å². The van der Waals surface area contributed by atoms with E-state index >= 15 is 0 Å². The molecule has 1 atom stereocenters. The van der Waals surface area contributed by atoms with Crippen LogP contribution in [0.2, 0.25) is 0 Å². The Labute approximate surface area is 129 Å². The molecule has 0 saturated carbocycles. The first-order valence-electron chi connectivity index (χ1n) is 7.31. The second-order valence-corrected chi connectivity index (χ2v) is 6.08. The lowest BCUT2D eigenvalue weighted by Crippen LogP contribution is -2.24. The molecule has 0 radical (unpaired) electrons. The average molecular weight is 314 g/mol. The topological polar surface area (TPSA) is 60.7 Å². The van der Waals surface area contributed by atoms with Gasteiger partial charge in [0.15, 0.2) is 0 Å². The Bertz CT molecular complexity index is 545. The van der Waals surface area contributed by atoms with E-state index in [4.69, 9.17) is 0 Å². The molecule has 1 aromatic carbocycles. The van der Waals surface area contributed by atoms with Crippen molar-refractivity contribution in [3.8, 4) is 11.5 Å². The Kier molecular flexibility index (Phi) is 5.94. The summed E-state index contributed by atoms with van der Waals surface area (Å²) < 4.78 is 24.0. The zero-order chi connectivity index (χ0) is 17.1. The van der Waals surface area contributed by atoms with Gasteiger partial charge < -0.3 is 15.3 Å². The number of hydrogen-bond donors (Lipinski definition) is 3. The normalized spacial score (nSPS) is 13.8. The third-order valence-electron chi connectivity index (χ3n) is 4.26. The second-order valence-electron chi connectivity index (χ2n) is 6.08. The first kappa shape index (κ1) is 18.4. The molecule has 3 nitrogen and oxygen atoms in total. The number of hydrogen-bond acceptors (Lipinski definition) is 3. The van der Waals surface area contributed by atoms with E-state index < -0.39 is 11.7 Å². The first-order chi connectivity index (χ1) is 10.1. The van der Waals surface area contributed by atoms with E-state index in [1.807, 2.05) is 0 Å². The molecule has 0 fully saturated rings. The largest absolute Gasteiger partial charge is 0.507 e. The Morgan fingerprint density at radius 1 is 1.00 bits per heavy atom. The molecule has 0 unspecified atom stereocenters. The Balaban J connectivity index is 2.86. The molecular formula is C17H24F2O3. The van der Waals surface area contributed by atoms with Crippen LogP contribution in [-0.2, 0) is 6.42 Å². The quantitative estimate of drug-likeness (QED) is 0.687. The van der Waals surface area contributed by atoms with Crippen LogP contribution in [0.4, 0.5) is 8.78 Å². The molecule has 0 heterocycles. The lowest BCUT2D eigenvalue weighted by Gasteiger charge is -2.24. The maximum absolute atomic E-state index is 12.0. The van der Waals surface area contributed by atoms with Crippen molar-refractivity contribution < 1.29 is 24.1 Å². The maximum Gasteiger partial charge on any atom is 0.266 e. The fraction of sp³-hybridized carbons (Fsp3) is 0.529. The molecule has 0 aliphatic carbocycles. The van der Waals surface area contributed by atoms with Gasteiger partial charge in [0.1, 0.15) is 11.5 Å². The smallest absolute Gasteiger partial charge is 0.266 e. The van der Waals surface area contributed by atoms with Gasteiger partial charge in [-0.2, -0.15) is 8.78 Å². The number of aromatic hydroxyl groups is 2. The molecule has 0 bridgehead atoms. The Hall–Kier alpha value is -1.62. The molecule has 0 aliphatic heterocycles. The number of allylic oxidation sites excluding steroid dienone is 1. The summed E-state index contributed by atoms with van der Waals surface area (Å²) in [6.07, 6.45) is 0.0217. The molecule has 22 heavy (non-hydrogen) atoms. The van der Waals surface area contributed by atoms with Crippen molar-refractivity contribution in [3.05, 3.63) is 34.4 Å². The van der Waals surface area contributed by atoms with E-state index in [9.17, 15) is 24.1 Å². The molecule has 1 aromatic rings. The van der Waals surface area contributed by atoms with Gasteiger partial charge in [0.25, 0.3) is 6.08 Å². The maximum atomic E-state index is 12.0. The van der Waals surface area contributed by atoms with Crippen molar-refractivity contribution in [2.24, 2.45) is 0 Å². The summed E-state index contributed by atoms with van der Waals surface area (Å²) >= 11 is 0. The summed E-state index contributed by atoms with van der Waals surface area (Å²) in [6, 6.07) is 0. The highest BCUT2D eigenvalue weighted by Gasteiger charge is 2.23. The van der Waals surface area contributed by atoms with Gasteiger partial charge in [0, 0.05) is 5.56 Å². The van der Waals surface area contributed by atoms with Crippen LogP contribution in [-0.4, -0.2) is 20.9 Å². The minimum Gasteiger partial charge on any atom is -0.507 e. The summed E-state index contributed by atoms with van der Waals surface area (Å²) in [7, 11) is 0. The highest BCUT2D eigenvalue weighted by atomic mass is 19.3. The van der Waals surface area contributed by atoms with Gasteiger partial charge in [-0.3, -0.25) is 0 Å². The number of halogens is 2. The number of rotatable bonds is 6. The van der Waals surface area contributed by atoms with Gasteiger partial charge in [-0.05, 0) is 76.1 Å². The van der Waals surface area contributed by atoms with Crippen molar-refractivity contribution in [2.45, 2.75) is 59.0 Å². The highest BCUT2D eigenvalue weighted by Crippen LogP contribution is 2.37. The number of phenolic OH excluding ortho intramolecular Hbond substituents is 2. The summed E-state index contributed by atoms with van der Waals surface area (Å²) in [5.74, 6) is 0.269. The minimum absolute atomic E-state index is 0.0957. The summed E-state index contributed by atoms with van der Waals surface area (Å²) in [5, 5.41) is 30.5. The molecule has 3 N–H and O–H groups in total. The van der Waals surface area contributed by atoms with Gasteiger partial charge in [0.2, 0.25) is 0 Å². The lowest BCUT2D eigenvalue weighted by atomic mass is 9.88. The van der Waals surface area contributed by atoms with E-state index in [1.54, 1.807) is 27.7 Å². The molecular weight excluding hydrogens is 290 g/mol. The van der Waals surface area contributed by atoms with Gasteiger partial charge in [-0.15, -0.1) is 0 Å². The fourth-order valence-corrected chi connectivity index (χ4v) is 2.50. The molecule has 0 spiro atoms. The molecule has 0 aliphatic rings. The van der Waals surface area contributed by atoms with Gasteiger partial charge in [0.05, 0.1) is 5.60 Å². The van der Waals surface area contributed by atoms with Gasteiger partial charge in [-0.25, -0.2) is 0 Å². The molecule has 0 saturated heterocycles. The van der Waals surface area contributed by atoms with Crippen LogP contribution in [0.5, 0.6) is 11.5 Å². The van der Waals surface area contributed by atoms with E-state index in [-0.39, 0.29) is 24.3 Å². The van der Waals surface area contributed by atoms with Gasteiger partial charge in [-0.1, -0.05) is 0 Å². The first-order valence-corrected chi connectivity index (χ1v) is 7.31. The van der Waals surface area contributed by atoms with Crippen LogP contribution in [0.3, 0.4) is 0 Å². The van der Waals surface area contributed by atoms with Crippen LogP contribution in [0.1, 0.15) is 48.4 Å². The third kappa shape index (κ3) is 4.44. The fourth-order valence-electron chi connectivity index (χ4n) is 2.50. The Morgan fingerprint density at radius 2 is 1.55 bits per heavy atom. The monoisotopic (exact) mass is 314 g/mol. The lowest BCUT2D eigenvalue weighted by molar-refractivity contribution is 0.0429. The van der Waals surface area contributed by atoms with Crippen molar-refractivity contribution in [1.29, 1.82) is 0 Å². The van der Waals surface area contributed by atoms with E-state index in [1.165, 1.54) is 0 Å². The highest BCUT2D eigenvalue weighted by molar-refractivity contribution is 5.56. The SMILES string of the molecule is Cc1c(C)c(O)c(CC[C@](C)(O)CCC=C(F)F)c(C)c1O. The summed E-state index contributed by atoms with van der Waals surface area (Å²) in [4.78, 5) is 0. The minimum atomic E-state index is -1.75. The molecule has 0 aromatic heterocycles. The number of phenols is 2. The molecule has 1 rings (SSSR count). The average Bonchev–Trinajstić information content (AvgIpc) is 2.42. The van der Waals surface area contributed by atoms with Gasteiger partial charge >= 0.3 is 0 Å². The third-order valence-corrected chi connectivity index (χ3v) is 4.26. The predicted octanol–water partition coefficient (Wildman–Crippen LogP) is 4.27. The zero-order valence-electron chi connectivity index (χ0n) is 13.5. The summed E-state index contributed by atoms with van der Waals surface area (Å²) in [5.41, 5.74) is 1.31. The second kappa shape index (κ2) is 7.09. The van der Waals surface area contributed by atoms with Crippen LogP contribution in [0.15, 0.2) is 12.2 Å². The van der Waals surface area contributed by atoms with Crippen molar-refractivity contribution in [1.82, 2.24) is 0 Å². The molecule has 0 amide bonds. The van der Waals surface area contributed by atoms with Crippen molar-refractivity contribution in [3.63, 3.8) is 0 Å². The zero-order valence-corrected chi connectivity index (χ0v) is 13.5. The summed E-state index contributed by atoms with van der Waals surface area (Å²) in [6.45, 7) is 6.76. The van der Waals surface area contributed by atoms with E-state index in [0.29, 0.717) is 35.1 Å². The van der Waals surface area contributed by atoms with E-state index in [2.05, 4.69) is 0 Å².